The van der Waals surface area contributed by atoms with Crippen LogP contribution in [0.15, 0.2) is 12.2 Å². The van der Waals surface area contributed by atoms with Gasteiger partial charge in [-0.1, -0.05) is 32.9 Å². The average Bonchev–Trinajstić information content (AvgIpc) is 2.40. The second kappa shape index (κ2) is 9.49. The Morgan fingerprint density at radius 2 is 1.77 bits per heavy atom. The van der Waals surface area contributed by atoms with E-state index in [-0.39, 0.29) is 23.5 Å². The molecule has 5 heteroatoms. The summed E-state index contributed by atoms with van der Waals surface area (Å²) in [6.07, 6.45) is 9.64. The average molecular weight is 310 g/mol. The molecule has 0 saturated carbocycles. The monoisotopic (exact) mass is 310 g/mol. The van der Waals surface area contributed by atoms with E-state index >= 15 is 0 Å². The molecule has 0 fully saturated rings. The molecule has 0 saturated heterocycles. The Morgan fingerprint density at radius 1 is 1.09 bits per heavy atom. The summed E-state index contributed by atoms with van der Waals surface area (Å²) >= 11 is 0. The summed E-state index contributed by atoms with van der Waals surface area (Å²) in [5.41, 5.74) is -0.376. The lowest BCUT2D eigenvalue weighted by atomic mass is 9.96. The minimum atomic E-state index is -0.376. The third-order valence-electron chi connectivity index (χ3n) is 3.58. The minimum Gasteiger partial charge on any atom is -0.446 e. The van der Waals surface area contributed by atoms with Gasteiger partial charge >= 0.3 is 6.09 Å². The molecule has 1 aliphatic carbocycles. The minimum absolute atomic E-state index is 0.0190. The van der Waals surface area contributed by atoms with Crippen molar-refractivity contribution in [2.24, 2.45) is 5.41 Å². The molecule has 1 rings (SSSR count). The molecule has 0 spiro atoms. The van der Waals surface area contributed by atoms with Gasteiger partial charge in [-0.05, 0) is 38.5 Å². The maximum atomic E-state index is 11.7. The van der Waals surface area contributed by atoms with Gasteiger partial charge in [0.05, 0.1) is 0 Å². The third-order valence-corrected chi connectivity index (χ3v) is 3.58. The molecule has 0 aromatic carbocycles. The van der Waals surface area contributed by atoms with Gasteiger partial charge in [-0.3, -0.25) is 4.79 Å². The molecule has 1 atom stereocenters. The number of alkyl carbamates (subject to hydrolysis) is 1. The number of amides is 2. The van der Waals surface area contributed by atoms with Crippen molar-refractivity contribution in [3.8, 4) is 0 Å². The van der Waals surface area contributed by atoms with Gasteiger partial charge in [-0.15, -0.1) is 0 Å². The van der Waals surface area contributed by atoms with Gasteiger partial charge in [0.25, 0.3) is 0 Å². The predicted molar refractivity (Wildman–Crippen MR) is 87.6 cm³/mol. The molecule has 0 aromatic rings. The summed E-state index contributed by atoms with van der Waals surface area (Å²) in [7, 11) is 0. The molecule has 0 aliphatic heterocycles. The first kappa shape index (κ1) is 18.5. The highest BCUT2D eigenvalue weighted by Gasteiger charge is 2.20. The molecule has 2 N–H and O–H groups in total. The molecule has 0 aromatic heterocycles. The zero-order chi connectivity index (χ0) is 16.4. The maximum Gasteiger partial charge on any atom is 0.407 e. The lowest BCUT2D eigenvalue weighted by Gasteiger charge is -2.19. The second-order valence-electron chi connectivity index (χ2n) is 6.79. The quantitative estimate of drug-likeness (QED) is 0.605. The summed E-state index contributed by atoms with van der Waals surface area (Å²) in [5, 5.41) is 5.60. The lowest BCUT2D eigenvalue weighted by molar-refractivity contribution is -0.128. The second-order valence-corrected chi connectivity index (χ2v) is 6.79. The van der Waals surface area contributed by atoms with E-state index in [4.69, 9.17) is 4.74 Å². The molecule has 2 amide bonds. The van der Waals surface area contributed by atoms with E-state index in [0.29, 0.717) is 19.5 Å². The molecule has 0 heterocycles. The molecular formula is C17H30N2O3. The summed E-state index contributed by atoms with van der Waals surface area (Å²) in [5.74, 6) is 0.0256. The van der Waals surface area contributed by atoms with Crippen molar-refractivity contribution >= 4 is 12.0 Å². The number of carbonyl (C=O) groups is 2. The Hall–Kier alpha value is -1.52. The van der Waals surface area contributed by atoms with Crippen molar-refractivity contribution in [3.63, 3.8) is 0 Å². The van der Waals surface area contributed by atoms with Crippen LogP contribution in [0.3, 0.4) is 0 Å². The number of hydrogen-bond donors (Lipinski definition) is 2. The van der Waals surface area contributed by atoms with Crippen LogP contribution in [-0.4, -0.2) is 31.2 Å². The Labute approximate surface area is 133 Å². The van der Waals surface area contributed by atoms with Gasteiger partial charge < -0.3 is 15.4 Å². The Morgan fingerprint density at radius 3 is 2.50 bits per heavy atom. The van der Waals surface area contributed by atoms with Crippen molar-refractivity contribution in [1.29, 1.82) is 0 Å². The number of carbonyl (C=O) groups excluding carboxylic acids is 2. The molecule has 5 nitrogen and oxygen atoms in total. The van der Waals surface area contributed by atoms with Gasteiger partial charge in [-0.2, -0.15) is 0 Å². The van der Waals surface area contributed by atoms with E-state index in [1.165, 1.54) is 0 Å². The molecule has 22 heavy (non-hydrogen) atoms. The standard InChI is InChI=1S/C17H30N2O3/c1-17(2,3)15(20)18-12-9-13-19-16(21)22-14-10-7-5-4-6-8-11-14/h4-5,14H,6-13H2,1-3H3,(H,18,20)(H,19,21)/b5-4+. The summed E-state index contributed by atoms with van der Waals surface area (Å²) in [4.78, 5) is 23.4. The smallest absolute Gasteiger partial charge is 0.407 e. The third kappa shape index (κ3) is 8.05. The number of nitrogens with one attached hydrogen (secondary N) is 2. The van der Waals surface area contributed by atoms with E-state index in [0.717, 1.165) is 32.1 Å². The Bertz CT molecular complexity index is 386. The zero-order valence-electron chi connectivity index (χ0n) is 14.1. The Kier molecular flexibility index (Phi) is 7.99. The first-order chi connectivity index (χ1) is 10.4. The Balaban J connectivity index is 2.10. The van der Waals surface area contributed by atoms with Crippen LogP contribution in [0, 0.1) is 5.41 Å². The van der Waals surface area contributed by atoms with Crippen LogP contribution < -0.4 is 10.6 Å². The van der Waals surface area contributed by atoms with Gasteiger partial charge in [0.2, 0.25) is 5.91 Å². The van der Waals surface area contributed by atoms with Crippen molar-refractivity contribution in [2.75, 3.05) is 13.1 Å². The fourth-order valence-electron chi connectivity index (χ4n) is 2.18. The number of allylic oxidation sites excluding steroid dienone is 2. The zero-order valence-corrected chi connectivity index (χ0v) is 14.1. The molecule has 0 radical (unpaired) electrons. The predicted octanol–water partition coefficient (Wildman–Crippen LogP) is 3.15. The lowest BCUT2D eigenvalue weighted by Crippen LogP contribution is -2.37. The van der Waals surface area contributed by atoms with Crippen LogP contribution in [0.4, 0.5) is 4.79 Å². The van der Waals surface area contributed by atoms with E-state index in [9.17, 15) is 9.59 Å². The summed E-state index contributed by atoms with van der Waals surface area (Å²) in [6, 6.07) is 0. The largest absolute Gasteiger partial charge is 0.446 e. The normalized spacial score (nSPS) is 20.4. The van der Waals surface area contributed by atoms with Crippen molar-refractivity contribution in [1.82, 2.24) is 10.6 Å². The summed E-state index contributed by atoms with van der Waals surface area (Å²) in [6.45, 7) is 6.70. The van der Waals surface area contributed by atoms with Gasteiger partial charge in [0.15, 0.2) is 0 Å². The first-order valence-electron chi connectivity index (χ1n) is 8.27. The highest BCUT2D eigenvalue weighted by molar-refractivity contribution is 5.81. The van der Waals surface area contributed by atoms with E-state index in [1.807, 2.05) is 20.8 Å². The van der Waals surface area contributed by atoms with Gasteiger partial charge in [0, 0.05) is 18.5 Å². The fourth-order valence-corrected chi connectivity index (χ4v) is 2.18. The highest BCUT2D eigenvalue weighted by Crippen LogP contribution is 2.15. The number of rotatable bonds is 5. The topological polar surface area (TPSA) is 67.4 Å². The molecular weight excluding hydrogens is 280 g/mol. The van der Waals surface area contributed by atoms with Gasteiger partial charge in [0.1, 0.15) is 6.10 Å². The van der Waals surface area contributed by atoms with Crippen molar-refractivity contribution in [2.45, 2.75) is 65.4 Å². The van der Waals surface area contributed by atoms with E-state index in [1.54, 1.807) is 0 Å². The number of ether oxygens (including phenoxy) is 1. The van der Waals surface area contributed by atoms with Crippen LogP contribution in [0.1, 0.15) is 59.3 Å². The van der Waals surface area contributed by atoms with Crippen molar-refractivity contribution in [3.05, 3.63) is 12.2 Å². The molecule has 1 unspecified atom stereocenters. The van der Waals surface area contributed by atoms with E-state index < -0.39 is 0 Å². The van der Waals surface area contributed by atoms with Crippen LogP contribution >= 0.6 is 0 Å². The van der Waals surface area contributed by atoms with E-state index in [2.05, 4.69) is 22.8 Å². The van der Waals surface area contributed by atoms with Gasteiger partial charge in [-0.25, -0.2) is 4.79 Å². The first-order valence-corrected chi connectivity index (χ1v) is 8.27. The van der Waals surface area contributed by atoms with Crippen LogP contribution in [0.2, 0.25) is 0 Å². The SMILES string of the molecule is CC(C)(C)C(=O)NCCCNC(=O)OC1CC/C=C/CCC1. The number of hydrogen-bond acceptors (Lipinski definition) is 3. The molecule has 1 aliphatic rings. The summed E-state index contributed by atoms with van der Waals surface area (Å²) < 4.78 is 5.44. The van der Waals surface area contributed by atoms with Crippen LogP contribution in [-0.2, 0) is 9.53 Å². The maximum absolute atomic E-state index is 11.7. The fraction of sp³-hybridized carbons (Fsp3) is 0.765. The van der Waals surface area contributed by atoms with Crippen LogP contribution in [0.25, 0.3) is 0 Å². The molecule has 0 bridgehead atoms. The molecule has 126 valence electrons. The highest BCUT2D eigenvalue weighted by atomic mass is 16.6. The van der Waals surface area contributed by atoms with Crippen molar-refractivity contribution < 1.29 is 14.3 Å². The van der Waals surface area contributed by atoms with Crippen LogP contribution in [0.5, 0.6) is 0 Å².